The largest absolute Gasteiger partial charge is 0.455 e. The number of fused-ring (bicyclic) bond motifs is 13. The Hall–Kier alpha value is -6.42. The first-order chi connectivity index (χ1) is 31.0. The normalized spacial score (nSPS) is 14.9. The summed E-state index contributed by atoms with van der Waals surface area (Å²) in [5, 5.41) is 5.05. The van der Waals surface area contributed by atoms with Crippen LogP contribution in [0, 0.1) is 0 Å². The van der Waals surface area contributed by atoms with E-state index in [1.54, 1.807) is 0 Å². The first-order valence-electron chi connectivity index (χ1n) is 23.3. The van der Waals surface area contributed by atoms with Gasteiger partial charge in [-0.1, -0.05) is 178 Å². The van der Waals surface area contributed by atoms with Crippen molar-refractivity contribution >= 4 is 70.5 Å². The molecule has 10 aromatic rings. The van der Waals surface area contributed by atoms with E-state index in [1.165, 1.54) is 81.5 Å². The van der Waals surface area contributed by atoms with E-state index in [-0.39, 0.29) is 21.7 Å². The molecule has 0 saturated carbocycles. The molecule has 8 aromatic carbocycles. The second kappa shape index (κ2) is 13.6. The lowest BCUT2D eigenvalue weighted by Gasteiger charge is -2.33. The maximum atomic E-state index is 6.53. The molecule has 0 amide bonds. The van der Waals surface area contributed by atoms with Crippen molar-refractivity contribution in [3.8, 4) is 33.4 Å². The van der Waals surface area contributed by atoms with Crippen LogP contribution in [0.4, 0.5) is 17.1 Å². The van der Waals surface area contributed by atoms with Crippen LogP contribution in [0.2, 0.25) is 0 Å². The zero-order chi connectivity index (χ0) is 44.9. The van der Waals surface area contributed by atoms with Gasteiger partial charge in [0.2, 0.25) is 0 Å². The van der Waals surface area contributed by atoms with Crippen molar-refractivity contribution < 1.29 is 4.42 Å². The number of furan rings is 1. The number of thiophene rings is 1. The van der Waals surface area contributed by atoms with Gasteiger partial charge in [0, 0.05) is 58.7 Å². The van der Waals surface area contributed by atoms with Crippen LogP contribution in [0.15, 0.2) is 156 Å². The standard InChI is InChI=1S/C62H55NOS/c1-59(2,3)37-33-48-47-32-31-45-44-20-16-23-52(54(44)62(9,10)55(45)58(47)65-57(48)51(34-37)60(4,5)6)63(39-29-30-42-41-17-11-13-22-49(41)61(7,8)50(42)35-39)38-27-25-36(26-28-38)40-19-15-21-46-43-18-12-14-24-53(43)64-56(40)46/h11-35H,1-10H3. The Morgan fingerprint density at radius 2 is 1.11 bits per heavy atom. The third-order valence-corrected chi connectivity index (χ3v) is 16.2. The van der Waals surface area contributed by atoms with Crippen molar-refractivity contribution in [1.82, 2.24) is 0 Å². The second-order valence-electron chi connectivity index (χ2n) is 21.8. The van der Waals surface area contributed by atoms with Crippen LogP contribution in [0.1, 0.15) is 103 Å². The van der Waals surface area contributed by atoms with Gasteiger partial charge in [-0.15, -0.1) is 11.3 Å². The summed E-state index contributed by atoms with van der Waals surface area (Å²) < 4.78 is 9.36. The quantitative estimate of drug-likeness (QED) is 0.175. The fraction of sp³-hybridized carbons (Fsp3) is 0.226. The number of hydrogen-bond acceptors (Lipinski definition) is 3. The molecule has 0 radical (unpaired) electrons. The predicted octanol–water partition coefficient (Wildman–Crippen LogP) is 18.3. The third-order valence-electron chi connectivity index (χ3n) is 14.9. The first-order valence-corrected chi connectivity index (χ1v) is 24.1. The van der Waals surface area contributed by atoms with Crippen molar-refractivity contribution in [3.63, 3.8) is 0 Å². The summed E-state index contributed by atoms with van der Waals surface area (Å²) in [5.74, 6) is 0. The Morgan fingerprint density at radius 3 is 1.89 bits per heavy atom. The van der Waals surface area contributed by atoms with E-state index in [9.17, 15) is 0 Å². The van der Waals surface area contributed by atoms with Crippen LogP contribution in [0.5, 0.6) is 0 Å². The molecule has 2 heterocycles. The van der Waals surface area contributed by atoms with Gasteiger partial charge in [0.15, 0.2) is 0 Å². The van der Waals surface area contributed by atoms with E-state index < -0.39 is 0 Å². The topological polar surface area (TPSA) is 16.4 Å². The summed E-state index contributed by atoms with van der Waals surface area (Å²) in [6.07, 6.45) is 0. The summed E-state index contributed by atoms with van der Waals surface area (Å²) in [7, 11) is 0. The number of anilines is 3. The molecule has 0 unspecified atom stereocenters. The Kier molecular flexibility index (Phi) is 8.37. The first kappa shape index (κ1) is 40.1. The highest BCUT2D eigenvalue weighted by Gasteiger charge is 2.42. The van der Waals surface area contributed by atoms with Crippen LogP contribution in [-0.4, -0.2) is 0 Å². The van der Waals surface area contributed by atoms with E-state index in [0.717, 1.165) is 44.4 Å². The Labute approximate surface area is 387 Å². The molecule has 0 bridgehead atoms. The number of hydrogen-bond donors (Lipinski definition) is 0. The molecular weight excluding hydrogens is 807 g/mol. The fourth-order valence-corrected chi connectivity index (χ4v) is 13.2. The van der Waals surface area contributed by atoms with Gasteiger partial charge in [-0.05, 0) is 114 Å². The SMILES string of the molecule is CC(C)(C)c1cc(C(C)(C)C)c2sc3c4c(ccc3c2c1)-c1cccc(N(c2ccc(-c3cccc5c3oc3ccccc35)cc2)c2ccc3c(c2)C(C)(C)c2ccccc2-3)c1C4(C)C. The van der Waals surface area contributed by atoms with Crippen molar-refractivity contribution in [3.05, 3.63) is 185 Å². The highest BCUT2D eigenvalue weighted by Crippen LogP contribution is 2.59. The van der Waals surface area contributed by atoms with Crippen LogP contribution < -0.4 is 4.90 Å². The average Bonchev–Trinajstić information content (AvgIpc) is 3.98. The van der Waals surface area contributed by atoms with Gasteiger partial charge >= 0.3 is 0 Å². The predicted molar refractivity (Wildman–Crippen MR) is 279 cm³/mol. The number of para-hydroxylation sites is 2. The van der Waals surface area contributed by atoms with Crippen molar-refractivity contribution in [2.24, 2.45) is 0 Å². The average molecular weight is 862 g/mol. The maximum Gasteiger partial charge on any atom is 0.143 e. The van der Waals surface area contributed by atoms with E-state index in [4.69, 9.17) is 4.42 Å². The van der Waals surface area contributed by atoms with E-state index >= 15 is 0 Å². The van der Waals surface area contributed by atoms with Crippen molar-refractivity contribution in [2.75, 3.05) is 4.90 Å². The molecule has 12 rings (SSSR count). The minimum atomic E-state index is -0.294. The summed E-state index contributed by atoms with van der Waals surface area (Å²) in [6, 6.07) is 57.0. The molecule has 320 valence electrons. The molecule has 0 atom stereocenters. The van der Waals surface area contributed by atoms with E-state index in [0.29, 0.717) is 0 Å². The molecule has 0 aliphatic heterocycles. The molecule has 2 aliphatic rings. The fourth-order valence-electron chi connectivity index (χ4n) is 11.5. The molecule has 0 fully saturated rings. The zero-order valence-electron chi connectivity index (χ0n) is 39.2. The second-order valence-corrected chi connectivity index (χ2v) is 22.8. The van der Waals surface area contributed by atoms with Gasteiger partial charge in [-0.25, -0.2) is 0 Å². The highest BCUT2D eigenvalue weighted by molar-refractivity contribution is 7.26. The van der Waals surface area contributed by atoms with Crippen LogP contribution in [0.25, 0.3) is 75.5 Å². The van der Waals surface area contributed by atoms with E-state index in [2.05, 4.69) is 220 Å². The molecule has 0 spiro atoms. The highest BCUT2D eigenvalue weighted by atomic mass is 32.1. The molecule has 2 aliphatic carbocycles. The number of nitrogens with zero attached hydrogens (tertiary/aromatic N) is 1. The lowest BCUT2D eigenvalue weighted by atomic mass is 9.79. The minimum Gasteiger partial charge on any atom is -0.455 e. The van der Waals surface area contributed by atoms with Crippen LogP contribution >= 0.6 is 11.3 Å². The minimum absolute atomic E-state index is 0.00956. The van der Waals surface area contributed by atoms with Gasteiger partial charge in [0.25, 0.3) is 0 Å². The molecule has 2 aromatic heterocycles. The maximum absolute atomic E-state index is 6.53. The summed E-state index contributed by atoms with van der Waals surface area (Å²) >= 11 is 2.01. The third kappa shape index (κ3) is 5.77. The zero-order valence-corrected chi connectivity index (χ0v) is 40.0. The summed E-state index contributed by atoms with van der Waals surface area (Å²) in [4.78, 5) is 2.53. The number of benzene rings is 8. The monoisotopic (exact) mass is 861 g/mol. The molecular formula is C62H55NOS. The smallest absolute Gasteiger partial charge is 0.143 e. The molecule has 0 saturated heterocycles. The van der Waals surface area contributed by atoms with Crippen molar-refractivity contribution in [2.45, 2.75) is 90.9 Å². The van der Waals surface area contributed by atoms with Gasteiger partial charge in [-0.3, -0.25) is 0 Å². The number of rotatable bonds is 4. The molecule has 65 heavy (non-hydrogen) atoms. The van der Waals surface area contributed by atoms with Crippen molar-refractivity contribution in [1.29, 1.82) is 0 Å². The summed E-state index contributed by atoms with van der Waals surface area (Å²) in [5.41, 5.74) is 20.9. The molecule has 2 nitrogen and oxygen atoms in total. The van der Waals surface area contributed by atoms with Gasteiger partial charge in [0.05, 0.1) is 5.69 Å². The van der Waals surface area contributed by atoms with E-state index in [1.807, 2.05) is 17.4 Å². The Balaban J connectivity index is 1.06. The van der Waals surface area contributed by atoms with Gasteiger partial charge < -0.3 is 9.32 Å². The lowest BCUT2D eigenvalue weighted by Crippen LogP contribution is -2.21. The molecule has 0 N–H and O–H groups in total. The molecule has 3 heteroatoms. The van der Waals surface area contributed by atoms with Crippen LogP contribution in [-0.2, 0) is 21.7 Å². The Bertz CT molecular complexity index is 3620. The lowest BCUT2D eigenvalue weighted by molar-refractivity contribution is 0.573. The van der Waals surface area contributed by atoms with Crippen LogP contribution in [0.3, 0.4) is 0 Å². The van der Waals surface area contributed by atoms with Gasteiger partial charge in [0.1, 0.15) is 11.2 Å². The summed E-state index contributed by atoms with van der Waals surface area (Å²) in [6.45, 7) is 23.8. The Morgan fingerprint density at radius 1 is 0.462 bits per heavy atom. The van der Waals surface area contributed by atoms with Gasteiger partial charge in [-0.2, -0.15) is 0 Å².